The van der Waals surface area contributed by atoms with Crippen LogP contribution >= 0.6 is 15.9 Å². The predicted molar refractivity (Wildman–Crippen MR) is 94.8 cm³/mol. The molecule has 0 amide bonds. The highest BCUT2D eigenvalue weighted by molar-refractivity contribution is 9.10. The molecule has 0 fully saturated rings. The zero-order valence-corrected chi connectivity index (χ0v) is 14.3. The molecule has 1 heteroatoms. The third kappa shape index (κ3) is 2.85. The van der Waals surface area contributed by atoms with Gasteiger partial charge >= 0.3 is 0 Å². The van der Waals surface area contributed by atoms with Crippen molar-refractivity contribution in [1.82, 2.24) is 0 Å². The van der Waals surface area contributed by atoms with Crippen molar-refractivity contribution in [3.63, 3.8) is 0 Å². The number of aryl methyl sites for hydroxylation is 1. The summed E-state index contributed by atoms with van der Waals surface area (Å²) in [6.45, 7) is 4.43. The van der Waals surface area contributed by atoms with Gasteiger partial charge in [0.15, 0.2) is 0 Å². The summed E-state index contributed by atoms with van der Waals surface area (Å²) >= 11 is 3.62. The lowest BCUT2D eigenvalue weighted by molar-refractivity contribution is 0.794. The van der Waals surface area contributed by atoms with Gasteiger partial charge < -0.3 is 0 Å². The maximum absolute atomic E-state index is 3.62. The van der Waals surface area contributed by atoms with E-state index in [4.69, 9.17) is 0 Å². The normalized spacial score (nSPS) is 16.2. The van der Waals surface area contributed by atoms with Crippen molar-refractivity contribution in [3.05, 3.63) is 74.8 Å². The fourth-order valence-corrected chi connectivity index (χ4v) is 3.42. The lowest BCUT2D eigenvalue weighted by atomic mass is 9.91. The quantitative estimate of drug-likeness (QED) is 0.616. The van der Waals surface area contributed by atoms with Crippen molar-refractivity contribution < 1.29 is 0 Å². The molecule has 2 aromatic carbocycles. The Hall–Kier alpha value is -1.34. The number of unbranched alkanes of at least 4 members (excludes halogenated alkanes) is 1. The van der Waals surface area contributed by atoms with Gasteiger partial charge in [-0.25, -0.2) is 0 Å². The number of rotatable bonds is 4. The maximum atomic E-state index is 3.62. The Morgan fingerprint density at radius 2 is 1.81 bits per heavy atom. The summed E-state index contributed by atoms with van der Waals surface area (Å²) < 4.78 is 1.20. The van der Waals surface area contributed by atoms with Crippen LogP contribution in [0.1, 0.15) is 53.5 Å². The van der Waals surface area contributed by atoms with Crippen LogP contribution in [0.15, 0.2) is 46.9 Å². The van der Waals surface area contributed by atoms with E-state index in [9.17, 15) is 0 Å². The third-order valence-electron chi connectivity index (χ3n) is 4.43. The van der Waals surface area contributed by atoms with Crippen LogP contribution in [0, 0.1) is 6.92 Å². The first-order chi connectivity index (χ1) is 10.2. The summed E-state index contributed by atoms with van der Waals surface area (Å²) in [6.07, 6.45) is 8.32. The Balaban J connectivity index is 1.88. The van der Waals surface area contributed by atoms with E-state index in [0.29, 0.717) is 5.92 Å². The molecule has 0 heterocycles. The molecule has 0 aromatic heterocycles. The van der Waals surface area contributed by atoms with Crippen molar-refractivity contribution in [1.29, 1.82) is 0 Å². The lowest BCUT2D eigenvalue weighted by Gasteiger charge is -2.14. The molecule has 0 saturated carbocycles. The highest BCUT2D eigenvalue weighted by atomic mass is 79.9. The summed E-state index contributed by atoms with van der Waals surface area (Å²) in [5, 5.41) is 0. The third-order valence-corrected chi connectivity index (χ3v) is 5.29. The lowest BCUT2D eigenvalue weighted by Crippen LogP contribution is -1.97. The largest absolute Gasteiger partial charge is 0.0720 e. The van der Waals surface area contributed by atoms with E-state index in [2.05, 4.69) is 78.3 Å². The number of fused-ring (bicyclic) bond motifs is 1. The van der Waals surface area contributed by atoms with Crippen molar-refractivity contribution >= 4 is 22.0 Å². The van der Waals surface area contributed by atoms with E-state index in [1.165, 1.54) is 51.6 Å². The fraction of sp³-hybridized carbons (Fsp3) is 0.300. The van der Waals surface area contributed by atoms with Crippen LogP contribution in [-0.2, 0) is 6.42 Å². The molecule has 0 spiro atoms. The Bertz CT molecular complexity index is 665. The summed E-state index contributed by atoms with van der Waals surface area (Å²) in [5.41, 5.74) is 6.99. The molecule has 0 bridgehead atoms. The summed E-state index contributed by atoms with van der Waals surface area (Å²) in [4.78, 5) is 0. The molecule has 2 aromatic rings. The van der Waals surface area contributed by atoms with E-state index >= 15 is 0 Å². The first-order valence-electron chi connectivity index (χ1n) is 7.76. The van der Waals surface area contributed by atoms with Gasteiger partial charge in [0.2, 0.25) is 0 Å². The van der Waals surface area contributed by atoms with Gasteiger partial charge in [0.25, 0.3) is 0 Å². The zero-order valence-electron chi connectivity index (χ0n) is 12.7. The number of benzene rings is 2. The molecule has 3 rings (SSSR count). The average molecular weight is 341 g/mol. The molecular weight excluding hydrogens is 320 g/mol. The molecule has 21 heavy (non-hydrogen) atoms. The van der Waals surface area contributed by atoms with E-state index < -0.39 is 0 Å². The predicted octanol–water partition coefficient (Wildman–Crippen LogP) is 6.26. The van der Waals surface area contributed by atoms with E-state index in [1.807, 2.05) is 0 Å². The standard InChI is InChI=1S/C20H21Br/c1-3-4-5-15-6-8-16(9-7-15)18-11-10-17-14(2)20(21)13-12-19(17)18/h6-13,18H,3-5H2,1-2H3. The van der Waals surface area contributed by atoms with Crippen LogP contribution in [0.25, 0.3) is 6.08 Å². The zero-order chi connectivity index (χ0) is 14.8. The van der Waals surface area contributed by atoms with Gasteiger partial charge in [-0.2, -0.15) is 0 Å². The second-order valence-corrected chi connectivity index (χ2v) is 6.71. The SMILES string of the molecule is CCCCc1ccc(C2C=Cc3c2ccc(Br)c3C)cc1. The molecule has 1 unspecified atom stereocenters. The van der Waals surface area contributed by atoms with Crippen LogP contribution in [0.3, 0.4) is 0 Å². The summed E-state index contributed by atoms with van der Waals surface area (Å²) in [7, 11) is 0. The van der Waals surface area contributed by atoms with E-state index in [-0.39, 0.29) is 0 Å². The first-order valence-corrected chi connectivity index (χ1v) is 8.56. The highest BCUT2D eigenvalue weighted by Crippen LogP contribution is 2.38. The Morgan fingerprint density at radius 3 is 2.52 bits per heavy atom. The number of halogens is 1. The van der Waals surface area contributed by atoms with Gasteiger partial charge in [0.05, 0.1) is 0 Å². The minimum atomic E-state index is 0.409. The monoisotopic (exact) mass is 340 g/mol. The molecule has 108 valence electrons. The van der Waals surface area contributed by atoms with E-state index in [1.54, 1.807) is 0 Å². The minimum absolute atomic E-state index is 0.409. The van der Waals surface area contributed by atoms with Gasteiger partial charge in [0, 0.05) is 10.4 Å². The number of allylic oxidation sites excluding steroid dienone is 1. The molecule has 1 aliphatic rings. The molecule has 1 aliphatic carbocycles. The molecule has 0 saturated heterocycles. The molecule has 0 nitrogen and oxygen atoms in total. The summed E-state index contributed by atoms with van der Waals surface area (Å²) in [5.74, 6) is 0.409. The smallest absolute Gasteiger partial charge is 0.0278 e. The van der Waals surface area contributed by atoms with Crippen molar-refractivity contribution in [2.75, 3.05) is 0 Å². The van der Waals surface area contributed by atoms with Gasteiger partial charge in [-0.3, -0.25) is 0 Å². The van der Waals surface area contributed by atoms with Crippen LogP contribution in [-0.4, -0.2) is 0 Å². The molecule has 1 atom stereocenters. The minimum Gasteiger partial charge on any atom is -0.0720 e. The topological polar surface area (TPSA) is 0 Å². The average Bonchev–Trinajstić information content (AvgIpc) is 2.94. The van der Waals surface area contributed by atoms with Crippen molar-refractivity contribution in [2.45, 2.75) is 39.0 Å². The Kier molecular flexibility index (Phi) is 4.30. The van der Waals surface area contributed by atoms with Crippen molar-refractivity contribution in [3.8, 4) is 0 Å². The van der Waals surface area contributed by atoms with Crippen LogP contribution in [0.5, 0.6) is 0 Å². The van der Waals surface area contributed by atoms with Crippen LogP contribution < -0.4 is 0 Å². The molecular formula is C20H21Br. The second kappa shape index (κ2) is 6.19. The Morgan fingerprint density at radius 1 is 1.05 bits per heavy atom. The second-order valence-electron chi connectivity index (χ2n) is 5.86. The highest BCUT2D eigenvalue weighted by Gasteiger charge is 2.21. The molecule has 0 N–H and O–H groups in total. The van der Waals surface area contributed by atoms with Gasteiger partial charge in [-0.15, -0.1) is 0 Å². The number of hydrogen-bond donors (Lipinski definition) is 0. The Labute approximate surface area is 136 Å². The van der Waals surface area contributed by atoms with Gasteiger partial charge in [-0.05, 0) is 53.6 Å². The van der Waals surface area contributed by atoms with Crippen molar-refractivity contribution in [2.24, 2.45) is 0 Å². The van der Waals surface area contributed by atoms with Gasteiger partial charge in [-0.1, -0.05) is 71.8 Å². The molecule has 0 radical (unpaired) electrons. The molecule has 0 aliphatic heterocycles. The fourth-order valence-electron chi connectivity index (χ4n) is 3.07. The number of hydrogen-bond acceptors (Lipinski definition) is 0. The first kappa shape index (κ1) is 14.6. The van der Waals surface area contributed by atoms with E-state index in [0.717, 1.165) is 0 Å². The van der Waals surface area contributed by atoms with Crippen LogP contribution in [0.2, 0.25) is 0 Å². The summed E-state index contributed by atoms with van der Waals surface area (Å²) in [6, 6.07) is 13.6. The van der Waals surface area contributed by atoms with Gasteiger partial charge in [0.1, 0.15) is 0 Å². The maximum Gasteiger partial charge on any atom is 0.0278 e. The van der Waals surface area contributed by atoms with Crippen LogP contribution in [0.4, 0.5) is 0 Å².